The Hall–Kier alpha value is -1.72. The van der Waals surface area contributed by atoms with E-state index in [1.165, 1.54) is 0 Å². The van der Waals surface area contributed by atoms with Crippen molar-refractivity contribution in [2.45, 2.75) is 19.9 Å². The van der Waals surface area contributed by atoms with Gasteiger partial charge in [-0.2, -0.15) is 0 Å². The highest BCUT2D eigenvalue weighted by atomic mass is 79.9. The van der Waals surface area contributed by atoms with Crippen LogP contribution >= 0.6 is 15.9 Å². The third-order valence-corrected chi connectivity index (χ3v) is 3.92. The first kappa shape index (κ1) is 14.7. The van der Waals surface area contributed by atoms with Crippen LogP contribution in [-0.2, 0) is 0 Å². The van der Waals surface area contributed by atoms with Gasteiger partial charge in [-0.3, -0.25) is 10.1 Å². The topological polar surface area (TPSA) is 69.2 Å². The number of nitro groups is 1. The van der Waals surface area contributed by atoms with E-state index >= 15 is 0 Å². The Bertz CT molecular complexity index is 671. The van der Waals surface area contributed by atoms with E-state index in [-0.39, 0.29) is 16.7 Å². The number of halogens is 1. The predicted molar refractivity (Wildman–Crippen MR) is 82.7 cm³/mol. The zero-order valence-electron chi connectivity index (χ0n) is 11.3. The summed E-state index contributed by atoms with van der Waals surface area (Å²) in [5.41, 5.74) is 9.56. The Balaban J connectivity index is 2.50. The van der Waals surface area contributed by atoms with E-state index in [1.54, 1.807) is 13.0 Å². The third-order valence-electron chi connectivity index (χ3n) is 3.43. The van der Waals surface area contributed by atoms with E-state index in [0.29, 0.717) is 5.56 Å². The normalized spacial score (nSPS) is 12.2. The molecule has 0 fully saturated rings. The molecule has 0 radical (unpaired) electrons. The second kappa shape index (κ2) is 5.73. The van der Waals surface area contributed by atoms with Crippen molar-refractivity contribution in [3.05, 3.63) is 73.2 Å². The Morgan fingerprint density at radius 3 is 2.50 bits per heavy atom. The zero-order chi connectivity index (χ0) is 14.9. The van der Waals surface area contributed by atoms with Gasteiger partial charge in [-0.1, -0.05) is 34.1 Å². The maximum absolute atomic E-state index is 11.1. The highest BCUT2D eigenvalue weighted by Crippen LogP contribution is 2.29. The molecule has 1 unspecified atom stereocenters. The molecule has 0 aliphatic carbocycles. The molecule has 2 aromatic rings. The molecule has 0 heterocycles. The van der Waals surface area contributed by atoms with Crippen LogP contribution in [0.5, 0.6) is 0 Å². The molecule has 2 aromatic carbocycles. The summed E-state index contributed by atoms with van der Waals surface area (Å²) in [6.45, 7) is 3.61. The average molecular weight is 335 g/mol. The largest absolute Gasteiger partial charge is 0.320 e. The van der Waals surface area contributed by atoms with Crippen molar-refractivity contribution in [1.82, 2.24) is 0 Å². The number of nitrogens with two attached hydrogens (primary N) is 1. The minimum atomic E-state index is -0.384. The van der Waals surface area contributed by atoms with Gasteiger partial charge in [0, 0.05) is 16.1 Å². The summed E-state index contributed by atoms with van der Waals surface area (Å²) in [6.07, 6.45) is 0. The molecule has 0 bridgehead atoms. The van der Waals surface area contributed by atoms with Gasteiger partial charge in [0.1, 0.15) is 0 Å². The Morgan fingerprint density at radius 2 is 1.90 bits per heavy atom. The summed E-state index contributed by atoms with van der Waals surface area (Å²) in [6, 6.07) is 10.7. The molecular formula is C15H15BrN2O2. The number of hydrogen-bond acceptors (Lipinski definition) is 3. The molecule has 0 aliphatic heterocycles. The lowest BCUT2D eigenvalue weighted by Gasteiger charge is -2.15. The van der Waals surface area contributed by atoms with Crippen molar-refractivity contribution in [3.8, 4) is 0 Å². The van der Waals surface area contributed by atoms with Crippen molar-refractivity contribution in [1.29, 1.82) is 0 Å². The van der Waals surface area contributed by atoms with Gasteiger partial charge in [0.2, 0.25) is 0 Å². The van der Waals surface area contributed by atoms with E-state index in [0.717, 1.165) is 21.2 Å². The molecule has 0 aromatic heterocycles. The average Bonchev–Trinajstić information content (AvgIpc) is 2.40. The minimum Gasteiger partial charge on any atom is -0.320 e. The molecule has 20 heavy (non-hydrogen) atoms. The van der Waals surface area contributed by atoms with Crippen LogP contribution in [0.25, 0.3) is 0 Å². The fourth-order valence-corrected chi connectivity index (χ4v) is 2.55. The summed E-state index contributed by atoms with van der Waals surface area (Å²) < 4.78 is 0.934. The summed E-state index contributed by atoms with van der Waals surface area (Å²) in [5, 5.41) is 11.1. The fraction of sp³-hybridized carbons (Fsp3) is 0.200. The first-order valence-electron chi connectivity index (χ1n) is 6.16. The summed E-state index contributed by atoms with van der Waals surface area (Å²) in [7, 11) is 0. The van der Waals surface area contributed by atoms with Gasteiger partial charge >= 0.3 is 0 Å². The summed E-state index contributed by atoms with van der Waals surface area (Å²) >= 11 is 3.40. The molecule has 1 atom stereocenters. The first-order chi connectivity index (χ1) is 9.40. The van der Waals surface area contributed by atoms with E-state index in [9.17, 15) is 10.1 Å². The first-order valence-corrected chi connectivity index (χ1v) is 6.96. The predicted octanol–water partition coefficient (Wildman–Crippen LogP) is 4.02. The standard InChI is InChI=1S/C15H15BrN2O2/c1-9-6-12(8-14(10(9)2)18(19)20)15(17)11-4-3-5-13(16)7-11/h3-8,15H,17H2,1-2H3. The minimum absolute atomic E-state index is 0.116. The number of nitro benzene ring substituents is 1. The third kappa shape index (κ3) is 2.89. The van der Waals surface area contributed by atoms with Crippen molar-refractivity contribution in [2.24, 2.45) is 5.73 Å². The molecule has 0 aliphatic rings. The molecule has 0 amide bonds. The van der Waals surface area contributed by atoms with Crippen LogP contribution in [0.3, 0.4) is 0 Å². The highest BCUT2D eigenvalue weighted by Gasteiger charge is 2.18. The number of benzene rings is 2. The van der Waals surface area contributed by atoms with Gasteiger partial charge in [0.25, 0.3) is 5.69 Å². The van der Waals surface area contributed by atoms with Crippen LogP contribution in [-0.4, -0.2) is 4.92 Å². The van der Waals surface area contributed by atoms with Gasteiger partial charge < -0.3 is 5.73 Å². The van der Waals surface area contributed by atoms with Gasteiger partial charge in [-0.15, -0.1) is 0 Å². The van der Waals surface area contributed by atoms with Gasteiger partial charge in [-0.05, 0) is 42.7 Å². The zero-order valence-corrected chi connectivity index (χ0v) is 12.8. The van der Waals surface area contributed by atoms with Crippen LogP contribution in [0.2, 0.25) is 0 Å². The maximum atomic E-state index is 11.1. The van der Waals surface area contributed by atoms with Crippen molar-refractivity contribution in [3.63, 3.8) is 0 Å². The Labute approximate surface area is 125 Å². The molecule has 0 saturated heterocycles. The number of hydrogen-bond donors (Lipinski definition) is 1. The van der Waals surface area contributed by atoms with Gasteiger partial charge in [0.05, 0.1) is 11.0 Å². The lowest BCUT2D eigenvalue weighted by molar-refractivity contribution is -0.385. The molecule has 104 valence electrons. The molecule has 0 saturated carbocycles. The molecule has 2 rings (SSSR count). The number of rotatable bonds is 3. The number of nitrogens with zero attached hydrogens (tertiary/aromatic N) is 1. The Morgan fingerprint density at radius 1 is 1.20 bits per heavy atom. The van der Waals surface area contributed by atoms with Gasteiger partial charge in [-0.25, -0.2) is 0 Å². The van der Waals surface area contributed by atoms with Crippen molar-refractivity contribution in [2.75, 3.05) is 0 Å². The van der Waals surface area contributed by atoms with Crippen LogP contribution in [0, 0.1) is 24.0 Å². The fourth-order valence-electron chi connectivity index (χ4n) is 2.13. The lowest BCUT2D eigenvalue weighted by Crippen LogP contribution is -2.13. The monoisotopic (exact) mass is 334 g/mol. The second-order valence-electron chi connectivity index (χ2n) is 4.77. The van der Waals surface area contributed by atoms with Crippen LogP contribution in [0.15, 0.2) is 40.9 Å². The van der Waals surface area contributed by atoms with E-state index in [2.05, 4.69) is 15.9 Å². The van der Waals surface area contributed by atoms with Crippen LogP contribution in [0.4, 0.5) is 5.69 Å². The van der Waals surface area contributed by atoms with E-state index in [4.69, 9.17) is 5.73 Å². The lowest BCUT2D eigenvalue weighted by atomic mass is 9.95. The molecule has 0 spiro atoms. The van der Waals surface area contributed by atoms with E-state index in [1.807, 2.05) is 37.3 Å². The van der Waals surface area contributed by atoms with Crippen LogP contribution in [0.1, 0.15) is 28.3 Å². The molecule has 4 nitrogen and oxygen atoms in total. The van der Waals surface area contributed by atoms with Gasteiger partial charge in [0.15, 0.2) is 0 Å². The summed E-state index contributed by atoms with van der Waals surface area (Å²) in [4.78, 5) is 10.7. The highest BCUT2D eigenvalue weighted by molar-refractivity contribution is 9.10. The summed E-state index contributed by atoms with van der Waals surface area (Å²) in [5.74, 6) is 0. The van der Waals surface area contributed by atoms with Crippen molar-refractivity contribution < 1.29 is 4.92 Å². The second-order valence-corrected chi connectivity index (χ2v) is 5.69. The molecular weight excluding hydrogens is 320 g/mol. The van der Waals surface area contributed by atoms with E-state index < -0.39 is 0 Å². The van der Waals surface area contributed by atoms with Crippen molar-refractivity contribution >= 4 is 21.6 Å². The maximum Gasteiger partial charge on any atom is 0.272 e. The Kier molecular flexibility index (Phi) is 4.20. The SMILES string of the molecule is Cc1cc(C(N)c2cccc(Br)c2)cc([N+](=O)[O-])c1C. The number of aryl methyl sites for hydroxylation is 1. The molecule has 2 N–H and O–H groups in total. The quantitative estimate of drug-likeness (QED) is 0.680. The van der Waals surface area contributed by atoms with Crippen LogP contribution < -0.4 is 5.73 Å². The molecule has 5 heteroatoms. The smallest absolute Gasteiger partial charge is 0.272 e.